The van der Waals surface area contributed by atoms with Gasteiger partial charge in [-0.1, -0.05) is 28.1 Å². The van der Waals surface area contributed by atoms with E-state index in [0.717, 1.165) is 28.7 Å². The molecule has 0 aliphatic heterocycles. The van der Waals surface area contributed by atoms with E-state index in [9.17, 15) is 5.26 Å². The van der Waals surface area contributed by atoms with Gasteiger partial charge in [-0.25, -0.2) is 0 Å². The van der Waals surface area contributed by atoms with E-state index in [1.807, 2.05) is 43.6 Å². The normalized spacial score (nSPS) is 9.95. The Morgan fingerprint density at radius 2 is 2.16 bits per heavy atom. The number of nitrogens with zero attached hydrogens (tertiary/aromatic N) is 3. The minimum atomic E-state index is 0.698. The molecular weight excluding hydrogens is 302 g/mol. The van der Waals surface area contributed by atoms with Crippen LogP contribution in [0.4, 0.5) is 5.69 Å². The van der Waals surface area contributed by atoms with Gasteiger partial charge < -0.3 is 4.90 Å². The van der Waals surface area contributed by atoms with E-state index >= 15 is 0 Å². The summed E-state index contributed by atoms with van der Waals surface area (Å²) in [5.41, 5.74) is 3.87. The van der Waals surface area contributed by atoms with Crippen molar-refractivity contribution >= 4 is 21.6 Å². The monoisotopic (exact) mass is 315 g/mol. The highest BCUT2D eigenvalue weighted by Gasteiger charge is 2.08. The quantitative estimate of drug-likeness (QED) is 0.811. The molecule has 3 nitrogen and oxygen atoms in total. The zero-order chi connectivity index (χ0) is 13.7. The molecule has 0 amide bonds. The lowest BCUT2D eigenvalue weighted by atomic mass is 10.1. The molecule has 4 heteroatoms. The first-order valence-electron chi connectivity index (χ1n) is 5.93. The molecule has 2 rings (SSSR count). The zero-order valence-electron chi connectivity index (χ0n) is 10.7. The van der Waals surface area contributed by atoms with E-state index in [2.05, 4.69) is 31.9 Å². The molecule has 0 N–H and O–H groups in total. The van der Waals surface area contributed by atoms with Gasteiger partial charge in [0.25, 0.3) is 0 Å². The Balaban J connectivity index is 2.24. The number of anilines is 1. The lowest BCUT2D eigenvalue weighted by molar-refractivity contribution is 0.912. The SMILES string of the molecule is CN(Cc1cccnc1)c1ccc(CBr)cc1C#N. The van der Waals surface area contributed by atoms with Crippen molar-refractivity contribution in [2.24, 2.45) is 0 Å². The predicted octanol–water partition coefficient (Wildman–Crippen LogP) is 3.48. The molecule has 0 saturated carbocycles. The molecule has 1 heterocycles. The third-order valence-corrected chi connectivity index (χ3v) is 3.54. The Labute approximate surface area is 121 Å². The van der Waals surface area contributed by atoms with Gasteiger partial charge in [0.2, 0.25) is 0 Å². The van der Waals surface area contributed by atoms with Crippen LogP contribution in [-0.4, -0.2) is 12.0 Å². The van der Waals surface area contributed by atoms with Crippen LogP contribution in [0, 0.1) is 11.3 Å². The Kier molecular flexibility index (Phi) is 4.53. The van der Waals surface area contributed by atoms with Crippen LogP contribution in [0.3, 0.4) is 0 Å². The second kappa shape index (κ2) is 6.35. The second-order valence-corrected chi connectivity index (χ2v) is 4.88. The summed E-state index contributed by atoms with van der Waals surface area (Å²) in [5, 5.41) is 10.0. The number of benzene rings is 1. The molecule has 0 aliphatic carbocycles. The molecule has 0 saturated heterocycles. The minimum absolute atomic E-state index is 0.698. The highest BCUT2D eigenvalue weighted by Crippen LogP contribution is 2.22. The van der Waals surface area contributed by atoms with Crippen molar-refractivity contribution in [3.63, 3.8) is 0 Å². The van der Waals surface area contributed by atoms with E-state index in [1.54, 1.807) is 6.20 Å². The number of hydrogen-bond donors (Lipinski definition) is 0. The first-order valence-corrected chi connectivity index (χ1v) is 7.05. The molecule has 0 fully saturated rings. The van der Waals surface area contributed by atoms with Gasteiger partial charge >= 0.3 is 0 Å². The average Bonchev–Trinajstić information content (AvgIpc) is 2.47. The Morgan fingerprint density at radius 1 is 1.32 bits per heavy atom. The number of aromatic nitrogens is 1. The summed E-state index contributed by atoms with van der Waals surface area (Å²) < 4.78 is 0. The van der Waals surface area contributed by atoms with Crippen LogP contribution in [0.2, 0.25) is 0 Å². The van der Waals surface area contributed by atoms with Crippen molar-refractivity contribution in [3.05, 3.63) is 59.4 Å². The number of rotatable bonds is 4. The molecular formula is C15H14BrN3. The number of alkyl halides is 1. The maximum atomic E-state index is 9.25. The van der Waals surface area contributed by atoms with E-state index in [1.165, 1.54) is 0 Å². The Bertz CT molecular complexity index is 590. The van der Waals surface area contributed by atoms with Crippen molar-refractivity contribution in [2.45, 2.75) is 11.9 Å². The average molecular weight is 316 g/mol. The summed E-state index contributed by atoms with van der Waals surface area (Å²) >= 11 is 3.40. The largest absolute Gasteiger partial charge is 0.369 e. The van der Waals surface area contributed by atoms with Crippen molar-refractivity contribution in [3.8, 4) is 6.07 Å². The molecule has 0 unspecified atom stereocenters. The topological polar surface area (TPSA) is 39.9 Å². The van der Waals surface area contributed by atoms with E-state index in [-0.39, 0.29) is 0 Å². The van der Waals surface area contributed by atoms with Crippen molar-refractivity contribution in [2.75, 3.05) is 11.9 Å². The smallest absolute Gasteiger partial charge is 0.101 e. The summed E-state index contributed by atoms with van der Waals surface area (Å²) in [6, 6.07) is 12.2. The zero-order valence-corrected chi connectivity index (χ0v) is 12.3. The van der Waals surface area contributed by atoms with E-state index in [0.29, 0.717) is 5.56 Å². The highest BCUT2D eigenvalue weighted by molar-refractivity contribution is 9.08. The maximum absolute atomic E-state index is 9.25. The van der Waals surface area contributed by atoms with Gasteiger partial charge in [0.1, 0.15) is 6.07 Å². The van der Waals surface area contributed by atoms with Gasteiger partial charge in [-0.3, -0.25) is 4.98 Å². The third kappa shape index (κ3) is 3.33. The van der Waals surface area contributed by atoms with Crippen molar-refractivity contribution < 1.29 is 0 Å². The van der Waals surface area contributed by atoms with Crippen LogP contribution in [0.15, 0.2) is 42.7 Å². The fourth-order valence-corrected chi connectivity index (χ4v) is 2.29. The first-order chi connectivity index (χ1) is 9.24. The molecule has 0 radical (unpaired) electrons. The standard InChI is InChI=1S/C15H14BrN3/c1-19(11-13-3-2-6-18-10-13)15-5-4-12(8-16)7-14(15)9-17/h2-7,10H,8,11H2,1H3. The van der Waals surface area contributed by atoms with Gasteiger partial charge in [-0.2, -0.15) is 5.26 Å². The van der Waals surface area contributed by atoms with Crippen molar-refractivity contribution in [1.29, 1.82) is 5.26 Å². The van der Waals surface area contributed by atoms with Gasteiger partial charge in [-0.15, -0.1) is 0 Å². The number of hydrogen-bond acceptors (Lipinski definition) is 3. The molecule has 0 aliphatic rings. The predicted molar refractivity (Wildman–Crippen MR) is 80.1 cm³/mol. The summed E-state index contributed by atoms with van der Waals surface area (Å²) in [6.45, 7) is 0.732. The van der Waals surface area contributed by atoms with E-state index < -0.39 is 0 Å². The summed E-state index contributed by atoms with van der Waals surface area (Å²) in [5.74, 6) is 0. The molecule has 1 aromatic carbocycles. The Hall–Kier alpha value is -1.86. The molecule has 0 spiro atoms. The number of pyridine rings is 1. The number of nitriles is 1. The summed E-state index contributed by atoms with van der Waals surface area (Å²) in [4.78, 5) is 6.17. The van der Waals surface area contributed by atoms with Crippen molar-refractivity contribution in [1.82, 2.24) is 4.98 Å². The van der Waals surface area contributed by atoms with Gasteiger partial charge in [0, 0.05) is 31.3 Å². The maximum Gasteiger partial charge on any atom is 0.101 e. The second-order valence-electron chi connectivity index (χ2n) is 4.31. The van der Waals surface area contributed by atoms with Crippen LogP contribution in [0.25, 0.3) is 0 Å². The molecule has 0 atom stereocenters. The third-order valence-electron chi connectivity index (χ3n) is 2.89. The summed E-state index contributed by atoms with van der Waals surface area (Å²) in [6.07, 6.45) is 3.60. The molecule has 2 aromatic rings. The van der Waals surface area contributed by atoms with Gasteiger partial charge in [0.05, 0.1) is 11.3 Å². The van der Waals surface area contributed by atoms with Crippen LogP contribution in [-0.2, 0) is 11.9 Å². The molecule has 19 heavy (non-hydrogen) atoms. The highest BCUT2D eigenvalue weighted by atomic mass is 79.9. The fraction of sp³-hybridized carbons (Fsp3) is 0.200. The van der Waals surface area contributed by atoms with Crippen LogP contribution in [0.5, 0.6) is 0 Å². The summed E-state index contributed by atoms with van der Waals surface area (Å²) in [7, 11) is 1.98. The van der Waals surface area contributed by atoms with Gasteiger partial charge in [-0.05, 0) is 29.3 Å². The molecule has 0 bridgehead atoms. The Morgan fingerprint density at radius 3 is 2.79 bits per heavy atom. The lowest BCUT2D eigenvalue weighted by Crippen LogP contribution is -2.17. The first kappa shape index (κ1) is 13.6. The van der Waals surface area contributed by atoms with E-state index in [4.69, 9.17) is 0 Å². The van der Waals surface area contributed by atoms with Crippen LogP contribution < -0.4 is 4.90 Å². The van der Waals surface area contributed by atoms with Gasteiger partial charge in [0.15, 0.2) is 0 Å². The fourth-order valence-electron chi connectivity index (χ4n) is 1.94. The minimum Gasteiger partial charge on any atom is -0.369 e. The number of halogens is 1. The molecule has 96 valence electrons. The molecule has 1 aromatic heterocycles. The van der Waals surface area contributed by atoms with Crippen LogP contribution >= 0.6 is 15.9 Å². The lowest BCUT2D eigenvalue weighted by Gasteiger charge is -2.20. The van der Waals surface area contributed by atoms with Crippen LogP contribution in [0.1, 0.15) is 16.7 Å².